The summed E-state index contributed by atoms with van der Waals surface area (Å²) >= 11 is 0. The molecule has 0 aliphatic carbocycles. The first kappa shape index (κ1) is 12.6. The van der Waals surface area contributed by atoms with Gasteiger partial charge in [0.15, 0.2) is 0 Å². The molecule has 0 fully saturated rings. The van der Waals surface area contributed by atoms with Crippen LogP contribution < -0.4 is 9.84 Å². The van der Waals surface area contributed by atoms with Gasteiger partial charge in [0.05, 0.1) is 6.61 Å². The van der Waals surface area contributed by atoms with Crippen LogP contribution in [0.4, 0.5) is 0 Å². The van der Waals surface area contributed by atoms with E-state index in [2.05, 4.69) is 13.8 Å². The first-order valence-corrected chi connectivity index (χ1v) is 5.53. The van der Waals surface area contributed by atoms with E-state index in [1.165, 1.54) is 0 Å². The molecular weight excluding hydrogens is 204 g/mol. The molecule has 0 aromatic heterocycles. The van der Waals surface area contributed by atoms with Crippen molar-refractivity contribution in [2.24, 2.45) is 0 Å². The molecule has 0 unspecified atom stereocenters. The van der Waals surface area contributed by atoms with Gasteiger partial charge in [-0.3, -0.25) is 0 Å². The first-order valence-electron chi connectivity index (χ1n) is 5.53. The van der Waals surface area contributed by atoms with Crippen molar-refractivity contribution in [3.05, 3.63) is 29.8 Å². The SMILES string of the molecule is CC(C)c1ccccc1OCCCC(=O)[O-]. The number of carboxylic acids is 1. The largest absolute Gasteiger partial charge is 0.550 e. The van der Waals surface area contributed by atoms with Crippen molar-refractivity contribution in [1.29, 1.82) is 0 Å². The van der Waals surface area contributed by atoms with E-state index in [-0.39, 0.29) is 6.42 Å². The van der Waals surface area contributed by atoms with Crippen molar-refractivity contribution >= 4 is 5.97 Å². The minimum absolute atomic E-state index is 0.0455. The second-order valence-corrected chi connectivity index (χ2v) is 4.02. The Morgan fingerprint density at radius 1 is 1.38 bits per heavy atom. The Balaban J connectivity index is 2.50. The lowest BCUT2D eigenvalue weighted by Crippen LogP contribution is -2.22. The maximum absolute atomic E-state index is 10.2. The molecule has 0 atom stereocenters. The number of benzene rings is 1. The Morgan fingerprint density at radius 2 is 2.06 bits per heavy atom. The maximum Gasteiger partial charge on any atom is 0.122 e. The van der Waals surface area contributed by atoms with E-state index < -0.39 is 5.97 Å². The summed E-state index contributed by atoms with van der Waals surface area (Å²) < 4.78 is 5.56. The van der Waals surface area contributed by atoms with Gasteiger partial charge in [-0.2, -0.15) is 0 Å². The van der Waals surface area contributed by atoms with Crippen LogP contribution >= 0.6 is 0 Å². The third-order valence-electron chi connectivity index (χ3n) is 2.32. The van der Waals surface area contributed by atoms with Crippen LogP contribution in [0.25, 0.3) is 0 Å². The van der Waals surface area contributed by atoms with Gasteiger partial charge in [0.25, 0.3) is 0 Å². The lowest BCUT2D eigenvalue weighted by molar-refractivity contribution is -0.305. The summed E-state index contributed by atoms with van der Waals surface area (Å²) in [7, 11) is 0. The van der Waals surface area contributed by atoms with Gasteiger partial charge in [-0.15, -0.1) is 0 Å². The smallest absolute Gasteiger partial charge is 0.122 e. The summed E-state index contributed by atoms with van der Waals surface area (Å²) in [5, 5.41) is 10.2. The van der Waals surface area contributed by atoms with Gasteiger partial charge < -0.3 is 14.6 Å². The molecule has 0 saturated heterocycles. The molecule has 88 valence electrons. The van der Waals surface area contributed by atoms with Gasteiger partial charge in [0.1, 0.15) is 5.75 Å². The summed E-state index contributed by atoms with van der Waals surface area (Å²) in [6, 6.07) is 7.83. The number of carbonyl (C=O) groups is 1. The molecule has 1 rings (SSSR count). The van der Waals surface area contributed by atoms with Gasteiger partial charge in [0, 0.05) is 5.97 Å². The molecule has 1 aromatic carbocycles. The minimum Gasteiger partial charge on any atom is -0.550 e. The molecule has 0 aliphatic heterocycles. The summed E-state index contributed by atoms with van der Waals surface area (Å²) in [4.78, 5) is 10.2. The van der Waals surface area contributed by atoms with Crippen LogP contribution in [-0.4, -0.2) is 12.6 Å². The Kier molecular flexibility index (Phi) is 4.83. The number of carbonyl (C=O) groups excluding carboxylic acids is 1. The predicted molar refractivity (Wildman–Crippen MR) is 60.3 cm³/mol. The number of aliphatic carboxylic acids is 1. The highest BCUT2D eigenvalue weighted by atomic mass is 16.5. The summed E-state index contributed by atoms with van der Waals surface area (Å²) in [6.45, 7) is 4.62. The molecular formula is C13H17O3-. The number of hydrogen-bond acceptors (Lipinski definition) is 3. The number of hydrogen-bond donors (Lipinski definition) is 0. The number of rotatable bonds is 6. The molecule has 3 nitrogen and oxygen atoms in total. The second-order valence-electron chi connectivity index (χ2n) is 4.02. The fourth-order valence-electron chi connectivity index (χ4n) is 1.49. The van der Waals surface area contributed by atoms with Crippen LogP contribution in [0.2, 0.25) is 0 Å². The van der Waals surface area contributed by atoms with Gasteiger partial charge in [-0.25, -0.2) is 0 Å². The number of ether oxygens (including phenoxy) is 1. The van der Waals surface area contributed by atoms with E-state index in [0.29, 0.717) is 18.9 Å². The molecule has 0 N–H and O–H groups in total. The molecule has 0 spiro atoms. The molecule has 16 heavy (non-hydrogen) atoms. The van der Waals surface area contributed by atoms with E-state index >= 15 is 0 Å². The fraction of sp³-hybridized carbons (Fsp3) is 0.462. The van der Waals surface area contributed by atoms with E-state index in [1.807, 2.05) is 24.3 Å². The highest BCUT2D eigenvalue weighted by Gasteiger charge is 2.06. The van der Waals surface area contributed by atoms with Crippen LogP contribution in [0.15, 0.2) is 24.3 Å². The van der Waals surface area contributed by atoms with Gasteiger partial charge in [-0.1, -0.05) is 32.0 Å². The van der Waals surface area contributed by atoms with E-state index in [0.717, 1.165) is 11.3 Å². The summed E-state index contributed by atoms with van der Waals surface area (Å²) in [5.41, 5.74) is 1.15. The average Bonchev–Trinajstić information content (AvgIpc) is 2.24. The van der Waals surface area contributed by atoms with Crippen molar-refractivity contribution in [2.45, 2.75) is 32.6 Å². The van der Waals surface area contributed by atoms with Gasteiger partial charge in [-0.05, 0) is 30.4 Å². The Hall–Kier alpha value is -1.51. The van der Waals surface area contributed by atoms with Gasteiger partial charge >= 0.3 is 0 Å². The van der Waals surface area contributed by atoms with Crippen molar-refractivity contribution in [3.63, 3.8) is 0 Å². The standard InChI is InChI=1S/C13H18O3/c1-10(2)11-6-3-4-7-12(11)16-9-5-8-13(14)15/h3-4,6-7,10H,5,8-9H2,1-2H3,(H,14,15)/p-1. The molecule has 0 aliphatic rings. The quantitative estimate of drug-likeness (QED) is 0.687. The lowest BCUT2D eigenvalue weighted by atomic mass is 10.0. The van der Waals surface area contributed by atoms with Crippen molar-refractivity contribution in [3.8, 4) is 5.75 Å². The Bertz CT molecular complexity index is 345. The van der Waals surface area contributed by atoms with E-state index in [1.54, 1.807) is 0 Å². The molecule has 0 saturated carbocycles. The zero-order chi connectivity index (χ0) is 12.0. The van der Waals surface area contributed by atoms with Crippen LogP contribution in [0.3, 0.4) is 0 Å². The van der Waals surface area contributed by atoms with Crippen LogP contribution in [0.1, 0.15) is 38.2 Å². The highest BCUT2D eigenvalue weighted by Crippen LogP contribution is 2.25. The third-order valence-corrected chi connectivity index (χ3v) is 2.32. The van der Waals surface area contributed by atoms with Crippen LogP contribution in [0.5, 0.6) is 5.75 Å². The summed E-state index contributed by atoms with van der Waals surface area (Å²) in [6.07, 6.45) is 0.526. The predicted octanol–water partition coefficient (Wildman–Crippen LogP) is 1.72. The monoisotopic (exact) mass is 221 g/mol. The first-order chi connectivity index (χ1) is 7.61. The van der Waals surface area contributed by atoms with Crippen LogP contribution in [0, 0.1) is 0 Å². The second kappa shape index (κ2) is 6.16. The zero-order valence-corrected chi connectivity index (χ0v) is 9.73. The molecule has 0 heterocycles. The van der Waals surface area contributed by atoms with E-state index in [9.17, 15) is 9.90 Å². The lowest BCUT2D eigenvalue weighted by Gasteiger charge is -2.13. The fourth-order valence-corrected chi connectivity index (χ4v) is 1.49. The molecule has 0 amide bonds. The van der Waals surface area contributed by atoms with Gasteiger partial charge in [0.2, 0.25) is 0 Å². The molecule has 0 radical (unpaired) electrons. The topological polar surface area (TPSA) is 49.4 Å². The Morgan fingerprint density at radius 3 is 2.69 bits per heavy atom. The molecule has 1 aromatic rings. The number of para-hydroxylation sites is 1. The Labute approximate surface area is 96.1 Å². The normalized spacial score (nSPS) is 10.4. The average molecular weight is 221 g/mol. The van der Waals surface area contributed by atoms with Crippen molar-refractivity contribution in [2.75, 3.05) is 6.61 Å². The number of carboxylic acid groups (broad SMARTS) is 1. The zero-order valence-electron chi connectivity index (χ0n) is 9.73. The molecule has 3 heteroatoms. The van der Waals surface area contributed by atoms with Crippen LogP contribution in [-0.2, 0) is 4.79 Å². The maximum atomic E-state index is 10.2. The van der Waals surface area contributed by atoms with E-state index in [4.69, 9.17) is 4.74 Å². The minimum atomic E-state index is -1.03. The van der Waals surface area contributed by atoms with Crippen molar-refractivity contribution < 1.29 is 14.6 Å². The third kappa shape index (κ3) is 3.93. The highest BCUT2D eigenvalue weighted by molar-refractivity contribution is 5.64. The summed E-state index contributed by atoms with van der Waals surface area (Å²) in [5.74, 6) is 0.217. The molecule has 0 bridgehead atoms. The van der Waals surface area contributed by atoms with Crippen molar-refractivity contribution in [1.82, 2.24) is 0 Å².